The van der Waals surface area contributed by atoms with Crippen molar-refractivity contribution in [1.82, 2.24) is 25.5 Å². The summed E-state index contributed by atoms with van der Waals surface area (Å²) in [5, 5.41) is 28.1. The number of amides is 3. The van der Waals surface area contributed by atoms with E-state index < -0.39 is 29.7 Å². The molecule has 13 heteroatoms. The van der Waals surface area contributed by atoms with Crippen LogP contribution in [-0.4, -0.2) is 55.0 Å². The van der Waals surface area contributed by atoms with E-state index >= 15 is 0 Å². The molecule has 5 rings (SSSR count). The quantitative estimate of drug-likeness (QED) is 0.182. The number of hydrogen-bond acceptors (Lipinski definition) is 7. The van der Waals surface area contributed by atoms with Crippen LogP contribution >= 0.6 is 11.6 Å². The maximum Gasteiger partial charge on any atom is 0.335 e. The van der Waals surface area contributed by atoms with E-state index in [0.29, 0.717) is 16.4 Å². The number of rotatable bonds is 9. The van der Waals surface area contributed by atoms with Crippen LogP contribution in [0.2, 0.25) is 5.02 Å². The first-order valence-corrected chi connectivity index (χ1v) is 13.6. The lowest BCUT2D eigenvalue weighted by Crippen LogP contribution is -2.49. The molecule has 0 saturated heterocycles. The third-order valence-corrected chi connectivity index (χ3v) is 6.77. The Labute approximate surface area is 255 Å². The first-order chi connectivity index (χ1) is 21.3. The molecular weight excluding hydrogens is 586 g/mol. The summed E-state index contributed by atoms with van der Waals surface area (Å²) < 4.78 is 1.29. The van der Waals surface area contributed by atoms with E-state index in [1.807, 2.05) is 54.6 Å². The number of carboxylic acid groups (broad SMARTS) is 1. The van der Waals surface area contributed by atoms with Crippen LogP contribution in [-0.2, 0) is 20.8 Å². The van der Waals surface area contributed by atoms with Gasteiger partial charge < -0.3 is 21.1 Å². The van der Waals surface area contributed by atoms with Gasteiger partial charge in [0.05, 0.1) is 16.9 Å². The van der Waals surface area contributed by atoms with Crippen LogP contribution < -0.4 is 16.0 Å². The van der Waals surface area contributed by atoms with Crippen molar-refractivity contribution in [1.29, 1.82) is 0 Å². The molecule has 0 saturated carbocycles. The second-order valence-corrected chi connectivity index (χ2v) is 9.97. The van der Waals surface area contributed by atoms with Crippen molar-refractivity contribution in [3.8, 4) is 16.8 Å². The Bertz CT molecular complexity index is 1800. The molecule has 12 nitrogen and oxygen atoms in total. The van der Waals surface area contributed by atoms with Crippen LogP contribution in [0.4, 0.5) is 11.4 Å². The topological polar surface area (TPSA) is 168 Å². The van der Waals surface area contributed by atoms with E-state index in [0.717, 1.165) is 16.7 Å². The summed E-state index contributed by atoms with van der Waals surface area (Å²) in [6.07, 6.45) is 1.37. The first kappa shape index (κ1) is 29.6. The lowest BCUT2D eigenvalue weighted by molar-refractivity contribution is -0.137. The normalized spacial score (nSPS) is 11.3. The number of carbonyl (C=O) groups is 4. The van der Waals surface area contributed by atoms with Gasteiger partial charge in [-0.3, -0.25) is 14.4 Å². The molecule has 0 radical (unpaired) electrons. The van der Waals surface area contributed by atoms with Gasteiger partial charge in [-0.05, 0) is 69.6 Å². The van der Waals surface area contributed by atoms with Gasteiger partial charge in [-0.15, -0.1) is 5.10 Å². The lowest BCUT2D eigenvalue weighted by atomic mass is 10.00. The molecule has 3 amide bonds. The molecule has 44 heavy (non-hydrogen) atoms. The minimum atomic E-state index is -1.17. The fourth-order valence-electron chi connectivity index (χ4n) is 4.32. The number of hydrogen-bond donors (Lipinski definition) is 4. The molecule has 0 aliphatic carbocycles. The summed E-state index contributed by atoms with van der Waals surface area (Å²) in [4.78, 5) is 50.7. The predicted molar refractivity (Wildman–Crippen MR) is 162 cm³/mol. The standard InChI is InChI=1S/C31H24ClN7O5/c32-23-12-15-27(39-18-33-37-38-39)25(17-23)35-29(41)30(42)36-26(28(40)34-24-13-10-22(11-14-24)31(43)44)16-19-6-8-21(9-7-19)20-4-2-1-3-5-20/h1-15,17-18,26H,16H2,(H,34,40)(H,35,41)(H,36,42)(H,43,44)/t26-/m0/s1. The average molecular weight is 610 g/mol. The molecule has 0 aliphatic rings. The summed E-state index contributed by atoms with van der Waals surface area (Å²) in [7, 11) is 0. The van der Waals surface area contributed by atoms with Crippen LogP contribution in [0.1, 0.15) is 15.9 Å². The predicted octanol–water partition coefficient (Wildman–Crippen LogP) is 3.99. The third-order valence-electron chi connectivity index (χ3n) is 6.53. The molecule has 0 bridgehead atoms. The van der Waals surface area contributed by atoms with E-state index in [9.17, 15) is 19.2 Å². The van der Waals surface area contributed by atoms with Gasteiger partial charge in [0.15, 0.2) is 0 Å². The number of carbonyl (C=O) groups excluding carboxylic acids is 3. The minimum Gasteiger partial charge on any atom is -0.478 e. The zero-order valence-corrected chi connectivity index (χ0v) is 23.6. The van der Waals surface area contributed by atoms with Crippen molar-refractivity contribution in [2.45, 2.75) is 12.5 Å². The number of aromatic carboxylic acids is 1. The smallest absolute Gasteiger partial charge is 0.335 e. The zero-order chi connectivity index (χ0) is 31.1. The van der Waals surface area contributed by atoms with E-state index in [2.05, 4.69) is 31.5 Å². The molecule has 0 spiro atoms. The van der Waals surface area contributed by atoms with Gasteiger partial charge in [0, 0.05) is 17.1 Å². The molecule has 4 N–H and O–H groups in total. The monoisotopic (exact) mass is 609 g/mol. The third kappa shape index (κ3) is 7.30. The number of carboxylic acids is 1. The molecule has 5 aromatic rings. The number of halogens is 1. The van der Waals surface area contributed by atoms with Gasteiger partial charge in [-0.1, -0.05) is 66.2 Å². The number of nitrogens with zero attached hydrogens (tertiary/aromatic N) is 4. The number of anilines is 2. The maximum atomic E-state index is 13.4. The van der Waals surface area contributed by atoms with Crippen molar-refractivity contribution in [3.63, 3.8) is 0 Å². The van der Waals surface area contributed by atoms with E-state index in [1.165, 1.54) is 41.3 Å². The maximum absolute atomic E-state index is 13.4. The molecule has 1 heterocycles. The van der Waals surface area contributed by atoms with Gasteiger partial charge >= 0.3 is 17.8 Å². The van der Waals surface area contributed by atoms with Gasteiger partial charge in [-0.25, -0.2) is 4.79 Å². The highest BCUT2D eigenvalue weighted by atomic mass is 35.5. The fraction of sp³-hybridized carbons (Fsp3) is 0.0645. The second kappa shape index (κ2) is 13.4. The molecule has 1 atom stereocenters. The molecule has 4 aromatic carbocycles. The second-order valence-electron chi connectivity index (χ2n) is 9.53. The number of benzene rings is 4. The largest absolute Gasteiger partial charge is 0.478 e. The number of nitrogens with one attached hydrogen (secondary N) is 3. The number of tetrazole rings is 1. The first-order valence-electron chi connectivity index (χ1n) is 13.2. The van der Waals surface area contributed by atoms with Crippen molar-refractivity contribution < 1.29 is 24.3 Å². The summed E-state index contributed by atoms with van der Waals surface area (Å²) in [5.41, 5.74) is 3.60. The van der Waals surface area contributed by atoms with E-state index in [-0.39, 0.29) is 17.7 Å². The summed E-state index contributed by atoms with van der Waals surface area (Å²) in [5.74, 6) is -3.85. The minimum absolute atomic E-state index is 0.0464. The molecule has 0 fully saturated rings. The Balaban J connectivity index is 1.35. The van der Waals surface area contributed by atoms with Crippen LogP contribution in [0, 0.1) is 0 Å². The van der Waals surface area contributed by atoms with Crippen LogP contribution in [0.5, 0.6) is 0 Å². The Kier molecular flexibility index (Phi) is 9.02. The highest BCUT2D eigenvalue weighted by Crippen LogP contribution is 2.24. The summed E-state index contributed by atoms with van der Waals surface area (Å²) in [6, 6.07) is 26.2. The van der Waals surface area contributed by atoms with Crippen molar-refractivity contribution in [3.05, 3.63) is 120 Å². The average Bonchev–Trinajstić information content (AvgIpc) is 3.57. The van der Waals surface area contributed by atoms with Crippen LogP contribution in [0.3, 0.4) is 0 Å². The molecule has 0 unspecified atom stereocenters. The van der Waals surface area contributed by atoms with Gasteiger partial charge in [0.25, 0.3) is 0 Å². The van der Waals surface area contributed by atoms with Gasteiger partial charge in [-0.2, -0.15) is 4.68 Å². The highest BCUT2D eigenvalue weighted by molar-refractivity contribution is 6.40. The van der Waals surface area contributed by atoms with Crippen LogP contribution in [0.15, 0.2) is 103 Å². The van der Waals surface area contributed by atoms with Crippen molar-refractivity contribution in [2.75, 3.05) is 10.6 Å². The SMILES string of the molecule is O=C(Nc1cc(Cl)ccc1-n1cnnn1)C(=O)N[C@@H](Cc1ccc(-c2ccccc2)cc1)C(=O)Nc1ccc(C(=O)O)cc1. The molecule has 220 valence electrons. The summed E-state index contributed by atoms with van der Waals surface area (Å²) in [6.45, 7) is 0. The van der Waals surface area contributed by atoms with E-state index in [4.69, 9.17) is 16.7 Å². The summed E-state index contributed by atoms with van der Waals surface area (Å²) >= 11 is 6.11. The Morgan fingerprint density at radius 3 is 2.18 bits per heavy atom. The molecule has 0 aliphatic heterocycles. The van der Waals surface area contributed by atoms with Gasteiger partial charge in [0.2, 0.25) is 5.91 Å². The Morgan fingerprint density at radius 2 is 1.52 bits per heavy atom. The van der Waals surface area contributed by atoms with Crippen LogP contribution in [0.25, 0.3) is 16.8 Å². The fourth-order valence-corrected chi connectivity index (χ4v) is 4.49. The van der Waals surface area contributed by atoms with E-state index in [1.54, 1.807) is 12.1 Å². The Morgan fingerprint density at radius 1 is 0.818 bits per heavy atom. The highest BCUT2D eigenvalue weighted by Gasteiger charge is 2.26. The van der Waals surface area contributed by atoms with Gasteiger partial charge in [0.1, 0.15) is 12.4 Å². The zero-order valence-electron chi connectivity index (χ0n) is 22.8. The molecule has 1 aromatic heterocycles. The van der Waals surface area contributed by atoms with Crippen molar-refractivity contribution in [2.24, 2.45) is 0 Å². The van der Waals surface area contributed by atoms with Crippen molar-refractivity contribution >= 4 is 46.7 Å². The Hall–Kier alpha value is -5.88. The molecular formula is C31H24ClN7O5. The lowest BCUT2D eigenvalue weighted by Gasteiger charge is -2.19. The number of aromatic nitrogens is 4.